The predicted octanol–water partition coefficient (Wildman–Crippen LogP) is 4.18. The first kappa shape index (κ1) is 20.9. The van der Waals surface area contributed by atoms with E-state index in [0.717, 1.165) is 11.3 Å². The molecule has 2 amide bonds. The van der Waals surface area contributed by atoms with Crippen LogP contribution in [0, 0.1) is 0 Å². The topological polar surface area (TPSA) is 94.8 Å². The van der Waals surface area contributed by atoms with E-state index in [2.05, 4.69) is 11.6 Å². The van der Waals surface area contributed by atoms with Crippen LogP contribution in [0.4, 0.5) is 0 Å². The minimum absolute atomic E-state index is 0.0983. The Hall–Kier alpha value is -4.39. The van der Waals surface area contributed by atoms with Crippen molar-refractivity contribution in [2.24, 2.45) is 5.73 Å². The molecule has 7 heteroatoms. The highest BCUT2D eigenvalue weighted by molar-refractivity contribution is 5.95. The molecule has 2 aromatic carbocycles. The third-order valence-corrected chi connectivity index (χ3v) is 4.88. The van der Waals surface area contributed by atoms with Gasteiger partial charge < -0.3 is 20.1 Å². The molecule has 160 valence electrons. The molecule has 0 aliphatic carbocycles. The van der Waals surface area contributed by atoms with Gasteiger partial charge >= 0.3 is 0 Å². The highest BCUT2D eigenvalue weighted by atomic mass is 16.5. The number of benzene rings is 2. The first-order chi connectivity index (χ1) is 15.5. The van der Waals surface area contributed by atoms with Gasteiger partial charge in [0.15, 0.2) is 0 Å². The zero-order chi connectivity index (χ0) is 22.5. The van der Waals surface area contributed by atoms with Crippen LogP contribution in [0.3, 0.4) is 0 Å². The maximum atomic E-state index is 11.9. The minimum atomic E-state index is -0.646. The average Bonchev–Trinajstić information content (AvgIpc) is 3.31. The van der Waals surface area contributed by atoms with E-state index in [-0.39, 0.29) is 17.4 Å². The number of nitrogens with two attached hydrogens (primary N) is 1. The summed E-state index contributed by atoms with van der Waals surface area (Å²) >= 11 is 0. The molecule has 0 spiro atoms. The fourth-order valence-electron chi connectivity index (χ4n) is 3.23. The quantitative estimate of drug-likeness (QED) is 0.571. The molecule has 3 aromatic rings. The molecule has 0 radical (unpaired) electrons. The molecule has 1 aliphatic heterocycles. The van der Waals surface area contributed by atoms with Crippen LogP contribution in [0.15, 0.2) is 85.5 Å². The number of pyridine rings is 1. The van der Waals surface area contributed by atoms with E-state index in [9.17, 15) is 9.59 Å². The second-order valence-electron chi connectivity index (χ2n) is 7.05. The molecule has 4 rings (SSSR count). The summed E-state index contributed by atoms with van der Waals surface area (Å²) in [6, 6.07) is 19.6. The van der Waals surface area contributed by atoms with Crippen molar-refractivity contribution in [2.75, 3.05) is 13.1 Å². The summed E-state index contributed by atoms with van der Waals surface area (Å²) in [7, 11) is 0. The van der Waals surface area contributed by atoms with E-state index in [1.165, 1.54) is 6.08 Å². The molecule has 7 nitrogen and oxygen atoms in total. The number of hydrogen-bond acceptors (Lipinski definition) is 5. The van der Waals surface area contributed by atoms with E-state index < -0.39 is 5.91 Å². The van der Waals surface area contributed by atoms with Crippen molar-refractivity contribution in [3.05, 3.63) is 96.7 Å². The van der Waals surface area contributed by atoms with Crippen molar-refractivity contribution in [3.8, 4) is 23.1 Å². The van der Waals surface area contributed by atoms with E-state index in [4.69, 9.17) is 15.2 Å². The third-order valence-electron chi connectivity index (χ3n) is 4.88. The van der Waals surface area contributed by atoms with Crippen molar-refractivity contribution in [1.82, 2.24) is 9.88 Å². The van der Waals surface area contributed by atoms with Crippen LogP contribution >= 0.6 is 0 Å². The normalized spacial score (nSPS) is 12.8. The Bertz CT molecular complexity index is 1190. The smallest absolute Gasteiger partial charge is 0.254 e. The second-order valence-corrected chi connectivity index (χ2v) is 7.05. The molecular weight excluding hydrogens is 406 g/mol. The first-order valence-corrected chi connectivity index (χ1v) is 9.96. The summed E-state index contributed by atoms with van der Waals surface area (Å²) in [5.74, 6) is 1.14. The lowest BCUT2D eigenvalue weighted by Gasteiger charge is -2.14. The number of hydrogen-bond donors (Lipinski definition) is 1. The monoisotopic (exact) mass is 427 g/mol. The van der Waals surface area contributed by atoms with Gasteiger partial charge in [0.1, 0.15) is 22.8 Å². The Morgan fingerprint density at radius 2 is 1.59 bits per heavy atom. The Morgan fingerprint density at radius 3 is 2.25 bits per heavy atom. The molecule has 1 aromatic heterocycles. The lowest BCUT2D eigenvalue weighted by atomic mass is 10.1. The van der Waals surface area contributed by atoms with Crippen LogP contribution in [0.5, 0.6) is 23.1 Å². The molecule has 32 heavy (non-hydrogen) atoms. The Balaban J connectivity index is 1.53. The van der Waals surface area contributed by atoms with Crippen LogP contribution in [-0.2, 0) is 4.79 Å². The van der Waals surface area contributed by atoms with Crippen molar-refractivity contribution in [3.63, 3.8) is 0 Å². The highest BCUT2D eigenvalue weighted by Crippen LogP contribution is 2.29. The van der Waals surface area contributed by atoms with Gasteiger partial charge in [-0.05, 0) is 60.2 Å². The average molecular weight is 427 g/mol. The van der Waals surface area contributed by atoms with Crippen LogP contribution in [0.25, 0.3) is 5.57 Å². The molecule has 0 fully saturated rings. The largest absolute Gasteiger partial charge is 0.457 e. The van der Waals surface area contributed by atoms with Gasteiger partial charge in [-0.15, -0.1) is 0 Å². The zero-order valence-corrected chi connectivity index (χ0v) is 17.2. The van der Waals surface area contributed by atoms with Gasteiger partial charge in [-0.25, -0.2) is 4.98 Å². The van der Waals surface area contributed by atoms with Gasteiger partial charge in [0.05, 0.1) is 5.69 Å². The molecule has 0 saturated carbocycles. The lowest BCUT2D eigenvalue weighted by Crippen LogP contribution is -2.26. The predicted molar refractivity (Wildman–Crippen MR) is 121 cm³/mol. The summed E-state index contributed by atoms with van der Waals surface area (Å²) in [5, 5.41) is 0. The molecule has 1 aliphatic rings. The summed E-state index contributed by atoms with van der Waals surface area (Å²) in [6.07, 6.45) is 3.19. The maximum absolute atomic E-state index is 11.9. The number of amides is 2. The molecule has 0 unspecified atom stereocenters. The number of rotatable bonds is 7. The number of para-hydroxylation sites is 1. The number of carbonyl (C=O) groups is 2. The van der Waals surface area contributed by atoms with Crippen LogP contribution in [0.2, 0.25) is 0 Å². The second kappa shape index (κ2) is 9.18. The van der Waals surface area contributed by atoms with Crippen LogP contribution in [0.1, 0.15) is 16.1 Å². The fourth-order valence-corrected chi connectivity index (χ4v) is 3.23. The van der Waals surface area contributed by atoms with Gasteiger partial charge in [-0.3, -0.25) is 9.59 Å². The number of ether oxygens (including phenoxy) is 2. The number of primary amides is 1. The molecule has 2 heterocycles. The lowest BCUT2D eigenvalue weighted by molar-refractivity contribution is -0.124. The van der Waals surface area contributed by atoms with Crippen LogP contribution in [-0.4, -0.2) is 34.8 Å². The molecule has 0 bridgehead atoms. The van der Waals surface area contributed by atoms with E-state index >= 15 is 0 Å². The van der Waals surface area contributed by atoms with Crippen molar-refractivity contribution in [1.29, 1.82) is 0 Å². The van der Waals surface area contributed by atoms with E-state index in [0.29, 0.717) is 30.3 Å². The summed E-state index contributed by atoms with van der Waals surface area (Å²) in [4.78, 5) is 29.9. The first-order valence-electron chi connectivity index (χ1n) is 9.96. The van der Waals surface area contributed by atoms with Gasteiger partial charge in [0.2, 0.25) is 11.8 Å². The highest BCUT2D eigenvalue weighted by Gasteiger charge is 2.21. The maximum Gasteiger partial charge on any atom is 0.254 e. The summed E-state index contributed by atoms with van der Waals surface area (Å²) in [5.41, 5.74) is 7.13. The third kappa shape index (κ3) is 4.67. The van der Waals surface area contributed by atoms with Crippen molar-refractivity contribution < 1.29 is 19.1 Å². The summed E-state index contributed by atoms with van der Waals surface area (Å²) in [6.45, 7) is 4.39. The SMILES string of the molecule is C=CC(=O)N1CC=C(c2ccc(C(N)=O)c(Oc3ccc(Oc4ccccc4)cc3)n2)C1. The molecule has 2 N–H and O–H groups in total. The molecule has 0 atom stereocenters. The number of aromatic nitrogens is 1. The fraction of sp³-hybridized carbons (Fsp3) is 0.0800. The number of carbonyl (C=O) groups excluding carboxylic acids is 2. The van der Waals surface area contributed by atoms with Crippen molar-refractivity contribution in [2.45, 2.75) is 0 Å². The Kier molecular flexibility index (Phi) is 5.98. The van der Waals surface area contributed by atoms with Gasteiger partial charge in [0.25, 0.3) is 5.91 Å². The van der Waals surface area contributed by atoms with Crippen LogP contribution < -0.4 is 15.2 Å². The van der Waals surface area contributed by atoms with Gasteiger partial charge in [-0.2, -0.15) is 0 Å². The Labute approximate surface area is 185 Å². The van der Waals surface area contributed by atoms with Crippen molar-refractivity contribution >= 4 is 17.4 Å². The summed E-state index contributed by atoms with van der Waals surface area (Å²) < 4.78 is 11.7. The molecule has 0 saturated heterocycles. The van der Waals surface area contributed by atoms with Gasteiger partial charge in [0, 0.05) is 13.1 Å². The van der Waals surface area contributed by atoms with E-state index in [1.807, 2.05) is 36.4 Å². The van der Waals surface area contributed by atoms with E-state index in [1.54, 1.807) is 41.3 Å². The number of nitrogens with zero attached hydrogens (tertiary/aromatic N) is 2. The van der Waals surface area contributed by atoms with Gasteiger partial charge in [-0.1, -0.05) is 30.9 Å². The standard InChI is InChI=1S/C25H21N3O4/c1-2-23(29)28-15-14-17(16-28)22-13-12-21(24(26)30)25(27-22)32-20-10-8-19(9-11-20)31-18-6-4-3-5-7-18/h2-14H,1,15-16H2,(H2,26,30). The Morgan fingerprint density at radius 1 is 0.938 bits per heavy atom. The molecular formula is C25H21N3O4. The minimum Gasteiger partial charge on any atom is -0.457 e. The zero-order valence-electron chi connectivity index (χ0n) is 17.2.